The number of thiophene rings is 1. The second kappa shape index (κ2) is 9.85. The van der Waals surface area contributed by atoms with Crippen LogP contribution < -0.4 is 10.5 Å². The van der Waals surface area contributed by atoms with E-state index in [4.69, 9.17) is 5.73 Å². The zero-order valence-corrected chi connectivity index (χ0v) is 22.9. The normalized spacial score (nSPS) is 12.4. The van der Waals surface area contributed by atoms with Crippen molar-refractivity contribution in [3.05, 3.63) is 91.1 Å². The zero-order chi connectivity index (χ0) is 27.1. The monoisotopic (exact) mass is 551 g/mol. The van der Waals surface area contributed by atoms with Crippen molar-refractivity contribution in [3.63, 3.8) is 0 Å². The van der Waals surface area contributed by atoms with Crippen LogP contribution in [0, 0.1) is 0 Å². The Morgan fingerprint density at radius 3 is 2.31 bits per heavy atom. The van der Waals surface area contributed by atoms with Gasteiger partial charge in [-0.05, 0) is 38.1 Å². The molecule has 7 nitrogen and oxygen atoms in total. The van der Waals surface area contributed by atoms with Crippen molar-refractivity contribution in [1.29, 1.82) is 0 Å². The summed E-state index contributed by atoms with van der Waals surface area (Å²) in [5, 5.41) is 12.2. The van der Waals surface area contributed by atoms with E-state index in [1.165, 1.54) is 26.2 Å². The van der Waals surface area contributed by atoms with E-state index in [2.05, 4.69) is 62.4 Å². The van der Waals surface area contributed by atoms with Crippen molar-refractivity contribution in [2.24, 2.45) is 10.2 Å². The third kappa shape index (κ3) is 4.65. The summed E-state index contributed by atoms with van der Waals surface area (Å²) in [4.78, 5) is 4.77. The number of hydrogen-bond acceptors (Lipinski definition) is 7. The first-order valence-corrected chi connectivity index (χ1v) is 14.7. The lowest BCUT2D eigenvalue weighted by Gasteiger charge is -2.14. The van der Waals surface area contributed by atoms with Crippen LogP contribution in [-0.2, 0) is 10.0 Å². The van der Waals surface area contributed by atoms with Crippen LogP contribution in [0.25, 0.3) is 42.2 Å². The first-order chi connectivity index (χ1) is 18.8. The number of rotatable bonds is 6. The van der Waals surface area contributed by atoms with Crippen molar-refractivity contribution in [2.45, 2.75) is 24.8 Å². The van der Waals surface area contributed by atoms with Gasteiger partial charge in [-0.3, -0.25) is 4.98 Å². The SMILES string of the molecule is CC(C)NS(=O)(=O)c1cc(N=Nc2ccc(-c3cccc4c3sc3ccccc34)nc2)c(N)c2ccccc12. The van der Waals surface area contributed by atoms with E-state index in [0.717, 1.165) is 11.3 Å². The van der Waals surface area contributed by atoms with Crippen molar-refractivity contribution >= 4 is 69.4 Å². The minimum atomic E-state index is -3.79. The summed E-state index contributed by atoms with van der Waals surface area (Å²) < 4.78 is 31.2. The van der Waals surface area contributed by atoms with E-state index in [-0.39, 0.29) is 16.6 Å². The van der Waals surface area contributed by atoms with Crippen LogP contribution in [0.3, 0.4) is 0 Å². The highest BCUT2D eigenvalue weighted by Gasteiger charge is 2.21. The minimum Gasteiger partial charge on any atom is -0.396 e. The van der Waals surface area contributed by atoms with Gasteiger partial charge in [-0.15, -0.1) is 21.6 Å². The van der Waals surface area contributed by atoms with Crippen LogP contribution in [-0.4, -0.2) is 19.4 Å². The van der Waals surface area contributed by atoms with Gasteiger partial charge in [0.05, 0.1) is 22.5 Å². The van der Waals surface area contributed by atoms with Gasteiger partial charge in [0.15, 0.2) is 0 Å². The van der Waals surface area contributed by atoms with Crippen molar-refractivity contribution in [3.8, 4) is 11.3 Å². The molecule has 0 fully saturated rings. The highest BCUT2D eigenvalue weighted by molar-refractivity contribution is 7.89. The van der Waals surface area contributed by atoms with Gasteiger partial charge in [0.1, 0.15) is 11.4 Å². The fraction of sp³-hybridized carbons (Fsp3) is 0.100. The molecule has 6 aromatic rings. The van der Waals surface area contributed by atoms with E-state index in [9.17, 15) is 8.42 Å². The number of nitrogen functional groups attached to an aromatic ring is 1. The Kier molecular flexibility index (Phi) is 6.34. The lowest BCUT2D eigenvalue weighted by Crippen LogP contribution is -2.30. The molecule has 0 saturated carbocycles. The van der Waals surface area contributed by atoms with Gasteiger partial charge in [0.2, 0.25) is 10.0 Å². The van der Waals surface area contributed by atoms with Gasteiger partial charge >= 0.3 is 0 Å². The van der Waals surface area contributed by atoms with Crippen LogP contribution in [0.4, 0.5) is 17.1 Å². The number of anilines is 1. The molecule has 9 heteroatoms. The number of hydrogen-bond donors (Lipinski definition) is 2. The maximum atomic E-state index is 13.1. The number of sulfonamides is 1. The molecule has 0 aliphatic heterocycles. The van der Waals surface area contributed by atoms with Crippen LogP contribution in [0.5, 0.6) is 0 Å². The van der Waals surface area contributed by atoms with Crippen LogP contribution in [0.1, 0.15) is 13.8 Å². The molecule has 0 aliphatic rings. The molecular weight excluding hydrogens is 526 g/mol. The fourth-order valence-electron chi connectivity index (χ4n) is 4.69. The lowest BCUT2D eigenvalue weighted by atomic mass is 10.1. The molecule has 0 bridgehead atoms. The fourth-order valence-corrected chi connectivity index (χ4v) is 7.40. The maximum Gasteiger partial charge on any atom is 0.241 e. The van der Waals surface area contributed by atoms with Crippen molar-refractivity contribution in [2.75, 3.05) is 5.73 Å². The molecule has 39 heavy (non-hydrogen) atoms. The number of benzene rings is 4. The number of aromatic nitrogens is 1. The summed E-state index contributed by atoms with van der Waals surface area (Å²) in [6, 6.07) is 26.7. The number of azo groups is 1. The highest BCUT2D eigenvalue weighted by Crippen LogP contribution is 2.40. The molecule has 3 N–H and O–H groups in total. The Balaban J connectivity index is 1.37. The maximum absolute atomic E-state index is 13.1. The predicted octanol–water partition coefficient (Wildman–Crippen LogP) is 7.95. The molecule has 194 valence electrons. The third-order valence-electron chi connectivity index (χ3n) is 6.41. The van der Waals surface area contributed by atoms with Gasteiger partial charge in [-0.1, -0.05) is 60.7 Å². The van der Waals surface area contributed by atoms with E-state index in [0.29, 0.717) is 22.1 Å². The van der Waals surface area contributed by atoms with Crippen LogP contribution in [0.15, 0.2) is 106 Å². The smallest absolute Gasteiger partial charge is 0.241 e. The molecule has 2 heterocycles. The van der Waals surface area contributed by atoms with Gasteiger partial charge in [0.25, 0.3) is 0 Å². The number of fused-ring (bicyclic) bond motifs is 4. The van der Waals surface area contributed by atoms with Gasteiger partial charge in [0, 0.05) is 42.6 Å². The molecule has 0 radical (unpaired) electrons. The van der Waals surface area contributed by atoms with E-state index < -0.39 is 10.0 Å². The summed E-state index contributed by atoms with van der Waals surface area (Å²) >= 11 is 1.75. The predicted molar refractivity (Wildman–Crippen MR) is 161 cm³/mol. The molecule has 4 aromatic carbocycles. The Morgan fingerprint density at radius 1 is 0.846 bits per heavy atom. The van der Waals surface area contributed by atoms with E-state index in [1.807, 2.05) is 18.2 Å². The standard InChI is InChI=1S/C30H25N5O2S2/c1-18(2)35-39(36,37)28-16-26(29(31)22-10-4-3-9-21(22)28)34-33-19-14-15-25(32-17-19)24-12-7-11-23-20-8-5-6-13-27(20)38-30(23)24/h3-18,35H,31H2,1-2H3. The van der Waals surface area contributed by atoms with Gasteiger partial charge in [-0.2, -0.15) is 0 Å². The average Bonchev–Trinajstić information content (AvgIpc) is 3.31. The first-order valence-electron chi connectivity index (χ1n) is 12.4. The minimum absolute atomic E-state index is 0.111. The molecule has 0 spiro atoms. The number of nitrogens with two attached hydrogens (primary N) is 1. The Labute approximate surface area is 230 Å². The topological polar surface area (TPSA) is 110 Å². The van der Waals surface area contributed by atoms with Crippen LogP contribution >= 0.6 is 11.3 Å². The van der Waals surface area contributed by atoms with E-state index >= 15 is 0 Å². The molecule has 0 amide bonds. The molecule has 0 atom stereocenters. The third-order valence-corrected chi connectivity index (χ3v) is 9.33. The first kappa shape index (κ1) is 25.1. The summed E-state index contributed by atoms with van der Waals surface area (Å²) in [7, 11) is -3.79. The summed E-state index contributed by atoms with van der Waals surface area (Å²) in [5.41, 5.74) is 9.46. The van der Waals surface area contributed by atoms with Gasteiger partial charge in [-0.25, -0.2) is 13.1 Å². The quantitative estimate of drug-likeness (QED) is 0.162. The Morgan fingerprint density at radius 2 is 1.56 bits per heavy atom. The Bertz CT molecular complexity index is 2000. The highest BCUT2D eigenvalue weighted by atomic mass is 32.2. The van der Waals surface area contributed by atoms with E-state index in [1.54, 1.807) is 49.6 Å². The second-order valence-corrected chi connectivity index (χ2v) is 12.2. The second-order valence-electron chi connectivity index (χ2n) is 9.51. The summed E-state index contributed by atoms with van der Waals surface area (Å²) in [6.45, 7) is 3.55. The number of nitrogens with zero attached hydrogens (tertiary/aromatic N) is 3. The molecule has 6 rings (SSSR count). The molecule has 0 saturated heterocycles. The summed E-state index contributed by atoms with van der Waals surface area (Å²) in [6.07, 6.45) is 1.65. The lowest BCUT2D eigenvalue weighted by molar-refractivity contribution is 0.571. The summed E-state index contributed by atoms with van der Waals surface area (Å²) in [5.74, 6) is 0. The molecular formula is C30H25N5O2S2. The largest absolute Gasteiger partial charge is 0.396 e. The Hall–Kier alpha value is -4.18. The molecule has 0 aliphatic carbocycles. The average molecular weight is 552 g/mol. The van der Waals surface area contributed by atoms with Crippen molar-refractivity contribution < 1.29 is 8.42 Å². The number of nitrogens with one attached hydrogen (secondary N) is 1. The van der Waals surface area contributed by atoms with Gasteiger partial charge < -0.3 is 5.73 Å². The molecule has 2 aromatic heterocycles. The van der Waals surface area contributed by atoms with Crippen LogP contribution in [0.2, 0.25) is 0 Å². The zero-order valence-electron chi connectivity index (χ0n) is 21.3. The molecule has 0 unspecified atom stereocenters. The number of pyridine rings is 1. The van der Waals surface area contributed by atoms with Crippen molar-refractivity contribution in [1.82, 2.24) is 9.71 Å².